The van der Waals surface area contributed by atoms with E-state index in [2.05, 4.69) is 13.8 Å². The molecule has 0 amide bonds. The first kappa shape index (κ1) is 59.3. The molecule has 0 spiro atoms. The highest BCUT2D eigenvalue weighted by atomic mass is 31.2. The fourth-order valence-electron chi connectivity index (χ4n) is 24.0. The normalized spacial score (nSPS) is 54.8. The maximum atomic E-state index is 16.3. The van der Waals surface area contributed by atoms with Gasteiger partial charge in [0.25, 0.3) is 0 Å². The molecule has 0 radical (unpaired) electrons. The number of hydrogen-bond donors (Lipinski definition) is 2. The topological polar surface area (TPSA) is 146 Å². The molecule has 14 heteroatoms. The van der Waals surface area contributed by atoms with Crippen LogP contribution in [0.1, 0.15) is 245 Å². The van der Waals surface area contributed by atoms with Crippen LogP contribution in [-0.2, 0) is 36.4 Å². The predicted octanol–water partition coefficient (Wildman–Crippen LogP) is 17.7. The van der Waals surface area contributed by atoms with E-state index in [1.165, 1.54) is 77.0 Å². The molecular weight excluding hydrogens is 1090 g/mol. The van der Waals surface area contributed by atoms with Crippen LogP contribution < -0.4 is 0 Å². The van der Waals surface area contributed by atoms with Crippen LogP contribution in [-0.4, -0.2) is 94.1 Å². The summed E-state index contributed by atoms with van der Waals surface area (Å²) in [5.74, 6) is 2.96. The SMILES string of the molecule is CC(C)(C1CC(CP2(=O)OC3CCCCC3C3CCCCC32)C(O)C(CP2(=O)OC3CCCCC3C3CCCCC32)C1)C1CC(CP2(=O)OC3CCCCC3C3CCCCC32)C(O)C(CP2(=O)OC3CCCCC3C3CCCCC32)C1. The minimum atomic E-state index is -3.19. The molecule has 24 unspecified atom stereocenters. The van der Waals surface area contributed by atoms with Crippen LogP contribution in [0, 0.1) is 88.3 Å². The average molecular weight is 1200 g/mol. The van der Waals surface area contributed by atoms with Gasteiger partial charge in [-0.1, -0.05) is 117 Å². The van der Waals surface area contributed by atoms with E-state index in [-0.39, 0.29) is 88.0 Å². The van der Waals surface area contributed by atoms with Gasteiger partial charge in [0, 0.05) is 47.3 Å². The lowest BCUT2D eigenvalue weighted by atomic mass is 9.55. The number of fused-ring (bicyclic) bond motifs is 12. The number of aliphatic hydroxyl groups excluding tert-OH is 2. The van der Waals surface area contributed by atoms with E-state index in [1.54, 1.807) is 0 Å². The molecule has 10 nitrogen and oxygen atoms in total. The predicted molar refractivity (Wildman–Crippen MR) is 325 cm³/mol. The molecule has 0 aromatic carbocycles. The second-order valence-electron chi connectivity index (χ2n) is 32.2. The van der Waals surface area contributed by atoms with Crippen LogP contribution >= 0.6 is 29.5 Å². The Balaban J connectivity index is 0.808. The lowest BCUT2D eigenvalue weighted by Gasteiger charge is -2.56. The van der Waals surface area contributed by atoms with E-state index in [0.29, 0.717) is 72.0 Å². The van der Waals surface area contributed by atoms with E-state index in [4.69, 9.17) is 18.1 Å². The monoisotopic (exact) mass is 1200 g/mol. The lowest BCUT2D eigenvalue weighted by molar-refractivity contribution is -0.0700. The van der Waals surface area contributed by atoms with Gasteiger partial charge in [-0.3, -0.25) is 18.3 Å². The molecule has 10 saturated carbocycles. The summed E-state index contributed by atoms with van der Waals surface area (Å²) in [4.78, 5) is 0. The van der Waals surface area contributed by atoms with Crippen LogP contribution in [0.4, 0.5) is 0 Å². The highest BCUT2D eigenvalue weighted by Crippen LogP contribution is 2.74. The largest absolute Gasteiger partial charge is 0.393 e. The van der Waals surface area contributed by atoms with Crippen molar-refractivity contribution in [1.82, 2.24) is 0 Å². The van der Waals surface area contributed by atoms with Gasteiger partial charge in [-0.2, -0.15) is 0 Å². The first-order valence-corrected chi connectivity index (χ1v) is 43.1. The number of hydrogen-bond acceptors (Lipinski definition) is 10. The van der Waals surface area contributed by atoms with Crippen LogP contribution in [0.2, 0.25) is 0 Å². The second kappa shape index (κ2) is 23.8. The Kier molecular flexibility index (Phi) is 17.4. The van der Waals surface area contributed by atoms with Crippen molar-refractivity contribution in [2.75, 3.05) is 24.6 Å². The van der Waals surface area contributed by atoms with E-state index in [1.807, 2.05) is 0 Å². The van der Waals surface area contributed by atoms with Gasteiger partial charge in [-0.25, -0.2) is 0 Å². The summed E-state index contributed by atoms with van der Waals surface area (Å²) in [7, 11) is -12.8. The van der Waals surface area contributed by atoms with Gasteiger partial charge >= 0.3 is 0 Å². The molecule has 24 atom stereocenters. The lowest BCUT2D eigenvalue weighted by Crippen LogP contribution is -2.52. The smallest absolute Gasteiger partial charge is 0.207 e. The van der Waals surface area contributed by atoms with Gasteiger partial charge in [-0.15, -0.1) is 0 Å². The molecule has 0 aromatic heterocycles. The quantitative estimate of drug-likeness (QED) is 0.203. The number of aliphatic hydroxyl groups is 2. The van der Waals surface area contributed by atoms with Crippen LogP contribution in [0.5, 0.6) is 0 Å². The van der Waals surface area contributed by atoms with Crippen molar-refractivity contribution in [2.45, 2.75) is 304 Å². The van der Waals surface area contributed by atoms with Crippen molar-refractivity contribution in [1.29, 1.82) is 0 Å². The first-order chi connectivity index (χ1) is 39.1. The Bertz CT molecular complexity index is 2100. The summed E-state index contributed by atoms with van der Waals surface area (Å²) in [5.41, 5.74) is -0.0768. The van der Waals surface area contributed by atoms with Crippen molar-refractivity contribution < 1.29 is 46.6 Å². The summed E-state index contributed by atoms with van der Waals surface area (Å²) in [6, 6.07) is 0. The summed E-state index contributed by atoms with van der Waals surface area (Å²) >= 11 is 0. The zero-order valence-corrected chi connectivity index (χ0v) is 54.2. The highest BCUT2D eigenvalue weighted by Gasteiger charge is 2.62. The Morgan fingerprint density at radius 3 is 0.741 bits per heavy atom. The molecule has 460 valence electrons. The standard InChI is InChI=1S/C67H112O10P4/c1-67(2,47-35-43(39-78(70)61-31-15-7-23-53(61)49-19-3-11-27-57(49)74-78)65(68)44(36-47)40-79(71)62-32-16-8-24-54(62)50-20-4-12-28-58(50)75-79)48-37-45(41-80(72)63-33-17-9-25-55(63)51-21-5-13-29-59(51)76-80)66(69)46(38-48)42-81(73)64-34-18-10-26-56(64)52-22-6-14-30-60(52)77-81/h43-66,68-69H,3-42H2,1-2H3. The number of rotatable bonds is 10. The van der Waals surface area contributed by atoms with E-state index in [9.17, 15) is 10.2 Å². The zero-order valence-electron chi connectivity index (χ0n) is 50.6. The third-order valence-electron chi connectivity index (χ3n) is 28.0. The molecule has 14 fully saturated rings. The summed E-state index contributed by atoms with van der Waals surface area (Å²) in [6.45, 7) is 4.94. The molecule has 4 heterocycles. The Morgan fingerprint density at radius 1 is 0.309 bits per heavy atom. The molecule has 10 aliphatic carbocycles. The summed E-state index contributed by atoms with van der Waals surface area (Å²) in [6.07, 6.45) is 39.1. The fraction of sp³-hybridized carbons (Fsp3) is 1.00. The third kappa shape index (κ3) is 11.0. The van der Waals surface area contributed by atoms with Crippen molar-refractivity contribution in [3.63, 3.8) is 0 Å². The van der Waals surface area contributed by atoms with Gasteiger partial charge in [0.05, 0.1) is 36.6 Å². The van der Waals surface area contributed by atoms with Crippen molar-refractivity contribution in [3.05, 3.63) is 0 Å². The van der Waals surface area contributed by atoms with Crippen molar-refractivity contribution in [3.8, 4) is 0 Å². The van der Waals surface area contributed by atoms with Crippen molar-refractivity contribution in [2.24, 2.45) is 88.3 Å². The highest BCUT2D eigenvalue weighted by molar-refractivity contribution is 7.61. The first-order valence-electron chi connectivity index (χ1n) is 35.6. The van der Waals surface area contributed by atoms with Gasteiger partial charge in [0.2, 0.25) is 29.5 Å². The molecule has 0 aromatic rings. The Labute approximate surface area is 490 Å². The van der Waals surface area contributed by atoms with E-state index >= 15 is 18.3 Å². The van der Waals surface area contributed by atoms with Crippen LogP contribution in [0.25, 0.3) is 0 Å². The minimum Gasteiger partial charge on any atom is -0.393 e. The molecule has 0 bridgehead atoms. The molecule has 81 heavy (non-hydrogen) atoms. The van der Waals surface area contributed by atoms with E-state index < -0.39 is 41.7 Å². The molecule has 4 aliphatic heterocycles. The fourth-order valence-corrected chi connectivity index (χ4v) is 39.1. The molecule has 14 aliphatic rings. The van der Waals surface area contributed by atoms with E-state index in [0.717, 1.165) is 154 Å². The molecule has 2 N–H and O–H groups in total. The van der Waals surface area contributed by atoms with Gasteiger partial charge in [0.15, 0.2) is 0 Å². The maximum Gasteiger partial charge on any atom is 0.207 e. The zero-order chi connectivity index (χ0) is 55.5. The van der Waals surface area contributed by atoms with Crippen molar-refractivity contribution >= 4 is 29.5 Å². The van der Waals surface area contributed by atoms with Gasteiger partial charge in [-0.05, 0) is 217 Å². The molecular formula is C67H112O10P4. The molecule has 14 rings (SSSR count). The Hall–Kier alpha value is 0.680. The second-order valence-corrected chi connectivity index (χ2v) is 43.0. The summed E-state index contributed by atoms with van der Waals surface area (Å²) < 4.78 is 93.7. The van der Waals surface area contributed by atoms with Crippen LogP contribution in [0.15, 0.2) is 0 Å². The Morgan fingerprint density at radius 2 is 0.506 bits per heavy atom. The maximum absolute atomic E-state index is 16.3. The van der Waals surface area contributed by atoms with Gasteiger partial charge in [0.1, 0.15) is 0 Å². The summed E-state index contributed by atoms with van der Waals surface area (Å²) in [5, 5.41) is 26.6. The van der Waals surface area contributed by atoms with Gasteiger partial charge < -0.3 is 28.3 Å². The minimum absolute atomic E-state index is 0.0507. The third-order valence-corrected chi connectivity index (χ3v) is 41.0. The average Bonchev–Trinajstić information content (AvgIpc) is 3.51. The van der Waals surface area contributed by atoms with Crippen LogP contribution in [0.3, 0.4) is 0 Å². The molecule has 4 saturated heterocycles.